The maximum Gasteiger partial charge on any atom is 0.253 e. The van der Waals surface area contributed by atoms with Crippen molar-refractivity contribution in [3.8, 4) is 0 Å². The number of anilines is 1. The molecule has 2 saturated heterocycles. The normalized spacial score (nSPS) is 21.0. The molecular formula is C18H25FN2O2. The van der Waals surface area contributed by atoms with Crippen molar-refractivity contribution in [1.82, 2.24) is 4.90 Å². The number of hydrogen-bond acceptors (Lipinski definition) is 3. The molecule has 1 atom stereocenters. The summed E-state index contributed by atoms with van der Waals surface area (Å²) >= 11 is 0. The molecule has 23 heavy (non-hydrogen) atoms. The second-order valence-corrected chi connectivity index (χ2v) is 6.43. The first-order valence-corrected chi connectivity index (χ1v) is 8.60. The van der Waals surface area contributed by atoms with E-state index in [1.165, 1.54) is 6.07 Å². The third kappa shape index (κ3) is 3.66. The van der Waals surface area contributed by atoms with Gasteiger partial charge in [-0.25, -0.2) is 4.39 Å². The van der Waals surface area contributed by atoms with Crippen molar-refractivity contribution in [3.05, 3.63) is 29.6 Å². The van der Waals surface area contributed by atoms with E-state index >= 15 is 0 Å². The van der Waals surface area contributed by atoms with Gasteiger partial charge in [0.1, 0.15) is 5.82 Å². The zero-order valence-corrected chi connectivity index (χ0v) is 13.8. The Morgan fingerprint density at radius 3 is 2.78 bits per heavy atom. The largest absolute Gasteiger partial charge is 0.381 e. The second kappa shape index (κ2) is 7.30. The quantitative estimate of drug-likeness (QED) is 0.836. The van der Waals surface area contributed by atoms with Gasteiger partial charge in [0.15, 0.2) is 0 Å². The number of hydrogen-bond donors (Lipinski definition) is 0. The minimum Gasteiger partial charge on any atom is -0.381 e. The van der Waals surface area contributed by atoms with E-state index in [0.29, 0.717) is 36.9 Å². The number of benzene rings is 1. The second-order valence-electron chi connectivity index (χ2n) is 6.43. The molecule has 3 rings (SSSR count). The van der Waals surface area contributed by atoms with Crippen LogP contribution in [0.2, 0.25) is 0 Å². The van der Waals surface area contributed by atoms with Crippen LogP contribution in [-0.2, 0) is 4.74 Å². The van der Waals surface area contributed by atoms with E-state index < -0.39 is 0 Å². The van der Waals surface area contributed by atoms with E-state index in [1.807, 2.05) is 6.92 Å². The molecule has 0 bridgehead atoms. The van der Waals surface area contributed by atoms with Crippen molar-refractivity contribution in [2.24, 2.45) is 5.92 Å². The number of amides is 1. The van der Waals surface area contributed by atoms with E-state index in [4.69, 9.17) is 4.74 Å². The van der Waals surface area contributed by atoms with E-state index in [9.17, 15) is 9.18 Å². The Kier molecular flexibility index (Phi) is 5.16. The highest BCUT2D eigenvalue weighted by molar-refractivity contribution is 5.94. The van der Waals surface area contributed by atoms with Gasteiger partial charge in [0.05, 0.1) is 12.3 Å². The minimum atomic E-state index is -0.294. The third-order valence-electron chi connectivity index (χ3n) is 4.81. The maximum atomic E-state index is 14.4. The van der Waals surface area contributed by atoms with Crippen molar-refractivity contribution in [2.75, 3.05) is 44.3 Å². The smallest absolute Gasteiger partial charge is 0.253 e. The molecule has 4 nitrogen and oxygen atoms in total. The van der Waals surface area contributed by atoms with Gasteiger partial charge in [-0.05, 0) is 44.4 Å². The molecule has 2 fully saturated rings. The van der Waals surface area contributed by atoms with Crippen LogP contribution in [-0.4, -0.2) is 50.2 Å². The topological polar surface area (TPSA) is 32.8 Å². The molecule has 126 valence electrons. The van der Waals surface area contributed by atoms with Crippen molar-refractivity contribution in [2.45, 2.75) is 26.2 Å². The highest BCUT2D eigenvalue weighted by Crippen LogP contribution is 2.25. The fraction of sp³-hybridized carbons (Fsp3) is 0.611. The Balaban J connectivity index is 1.71. The lowest BCUT2D eigenvalue weighted by Crippen LogP contribution is -2.35. The first-order chi connectivity index (χ1) is 11.2. The average molecular weight is 320 g/mol. The number of nitrogens with zero attached hydrogens (tertiary/aromatic N) is 2. The highest BCUT2D eigenvalue weighted by atomic mass is 19.1. The summed E-state index contributed by atoms with van der Waals surface area (Å²) in [5, 5.41) is 0. The molecule has 2 aliphatic heterocycles. The number of ether oxygens (including phenoxy) is 1. The molecule has 1 amide bonds. The van der Waals surface area contributed by atoms with Crippen molar-refractivity contribution in [3.63, 3.8) is 0 Å². The Bertz CT molecular complexity index is 552. The summed E-state index contributed by atoms with van der Waals surface area (Å²) in [6.45, 7) is 6.56. The van der Waals surface area contributed by atoms with Crippen LogP contribution in [0.5, 0.6) is 0 Å². The van der Waals surface area contributed by atoms with Gasteiger partial charge in [-0.3, -0.25) is 4.79 Å². The molecule has 0 N–H and O–H groups in total. The van der Waals surface area contributed by atoms with Crippen LogP contribution < -0.4 is 4.90 Å². The van der Waals surface area contributed by atoms with Crippen LogP contribution in [0.1, 0.15) is 36.5 Å². The lowest BCUT2D eigenvalue weighted by Gasteiger charge is -2.24. The van der Waals surface area contributed by atoms with Crippen LogP contribution in [0.15, 0.2) is 18.2 Å². The Labute approximate surface area is 137 Å². The molecule has 0 saturated carbocycles. The molecule has 1 aromatic rings. The Morgan fingerprint density at radius 1 is 1.39 bits per heavy atom. The van der Waals surface area contributed by atoms with Crippen LogP contribution in [0.3, 0.4) is 0 Å². The van der Waals surface area contributed by atoms with Crippen molar-refractivity contribution in [1.29, 1.82) is 0 Å². The average Bonchev–Trinajstić information content (AvgIpc) is 3.25. The summed E-state index contributed by atoms with van der Waals surface area (Å²) in [7, 11) is 0. The first kappa shape index (κ1) is 16.2. The molecule has 0 unspecified atom stereocenters. The summed E-state index contributed by atoms with van der Waals surface area (Å²) in [5.41, 5.74) is 1.05. The molecule has 2 heterocycles. The minimum absolute atomic E-state index is 0.0914. The van der Waals surface area contributed by atoms with Crippen LogP contribution >= 0.6 is 0 Å². The van der Waals surface area contributed by atoms with Gasteiger partial charge >= 0.3 is 0 Å². The van der Waals surface area contributed by atoms with Crippen molar-refractivity contribution < 1.29 is 13.9 Å². The highest BCUT2D eigenvalue weighted by Gasteiger charge is 2.23. The van der Waals surface area contributed by atoms with Gasteiger partial charge in [-0.2, -0.15) is 0 Å². The van der Waals surface area contributed by atoms with Crippen molar-refractivity contribution >= 4 is 11.6 Å². The molecule has 0 spiro atoms. The van der Waals surface area contributed by atoms with E-state index in [2.05, 4.69) is 4.90 Å². The Hall–Kier alpha value is -1.62. The van der Waals surface area contributed by atoms with Gasteiger partial charge in [-0.1, -0.05) is 0 Å². The molecule has 0 aliphatic carbocycles. The van der Waals surface area contributed by atoms with Gasteiger partial charge in [-0.15, -0.1) is 0 Å². The van der Waals surface area contributed by atoms with Crippen LogP contribution in [0.25, 0.3) is 0 Å². The van der Waals surface area contributed by atoms with Crippen LogP contribution in [0.4, 0.5) is 10.1 Å². The predicted molar refractivity (Wildman–Crippen MR) is 88.4 cm³/mol. The van der Waals surface area contributed by atoms with E-state index in [1.54, 1.807) is 17.0 Å². The van der Waals surface area contributed by atoms with Gasteiger partial charge in [0, 0.05) is 44.3 Å². The maximum absolute atomic E-state index is 14.4. The molecule has 5 heteroatoms. The monoisotopic (exact) mass is 320 g/mol. The lowest BCUT2D eigenvalue weighted by molar-refractivity contribution is 0.0730. The Morgan fingerprint density at radius 2 is 2.17 bits per heavy atom. The third-order valence-corrected chi connectivity index (χ3v) is 4.81. The molecule has 0 radical (unpaired) electrons. The summed E-state index contributed by atoms with van der Waals surface area (Å²) in [6, 6.07) is 4.90. The summed E-state index contributed by atoms with van der Waals surface area (Å²) < 4.78 is 19.8. The zero-order valence-electron chi connectivity index (χ0n) is 13.8. The molecular weight excluding hydrogens is 295 g/mol. The fourth-order valence-electron chi connectivity index (χ4n) is 3.43. The fourth-order valence-corrected chi connectivity index (χ4v) is 3.43. The van der Waals surface area contributed by atoms with Gasteiger partial charge < -0.3 is 14.5 Å². The zero-order chi connectivity index (χ0) is 16.2. The lowest BCUT2D eigenvalue weighted by atomic mass is 10.1. The molecule has 2 aliphatic rings. The molecule has 1 aromatic carbocycles. The number of halogens is 1. The summed E-state index contributed by atoms with van der Waals surface area (Å²) in [4.78, 5) is 16.5. The van der Waals surface area contributed by atoms with Gasteiger partial charge in [0.25, 0.3) is 5.91 Å². The van der Waals surface area contributed by atoms with Gasteiger partial charge in [0.2, 0.25) is 0 Å². The SMILES string of the molecule is CCN(C[C@@H]1CCOC1)C(=O)c1ccc(N2CCCC2)c(F)c1. The number of carbonyl (C=O) groups excluding carboxylic acids is 1. The predicted octanol–water partition coefficient (Wildman–Crippen LogP) is 2.92. The standard InChI is InChI=1S/C18H25FN2O2/c1-2-20(12-14-7-10-23-13-14)18(22)15-5-6-17(16(19)11-15)21-8-3-4-9-21/h5-6,11,14H,2-4,7-10,12-13H2,1H3/t14-/m0/s1. The number of rotatable bonds is 5. The summed E-state index contributed by atoms with van der Waals surface area (Å²) in [5.74, 6) is 0.0110. The molecule has 0 aromatic heterocycles. The van der Waals surface area contributed by atoms with Crippen LogP contribution in [0, 0.1) is 11.7 Å². The van der Waals surface area contributed by atoms with E-state index in [-0.39, 0.29) is 11.7 Å². The number of carbonyl (C=O) groups is 1. The first-order valence-electron chi connectivity index (χ1n) is 8.60. The summed E-state index contributed by atoms with van der Waals surface area (Å²) in [6.07, 6.45) is 3.20. The van der Waals surface area contributed by atoms with E-state index in [0.717, 1.165) is 39.0 Å².